The number of imide groups is 1. The number of hydrogen-bond donors (Lipinski definition) is 1. The Balaban J connectivity index is 1.52. The molecule has 0 spiro atoms. The summed E-state index contributed by atoms with van der Waals surface area (Å²) in [5.41, 5.74) is 3.72. The molecule has 1 fully saturated rings. The lowest BCUT2D eigenvalue weighted by Crippen LogP contribution is -2.32. The average Bonchev–Trinajstić information content (AvgIpc) is 3.34. The first kappa shape index (κ1) is 20.2. The lowest BCUT2D eigenvalue weighted by Gasteiger charge is -2.17. The van der Waals surface area contributed by atoms with Crippen LogP contribution in [0.4, 0.5) is 11.4 Å². The van der Waals surface area contributed by atoms with Crippen molar-refractivity contribution in [1.29, 1.82) is 0 Å². The van der Waals surface area contributed by atoms with Crippen molar-refractivity contribution in [3.05, 3.63) is 69.9 Å². The van der Waals surface area contributed by atoms with Crippen LogP contribution in [0.2, 0.25) is 0 Å². The first-order chi connectivity index (χ1) is 14.4. The summed E-state index contributed by atoms with van der Waals surface area (Å²) in [6.45, 7) is 5.45. The van der Waals surface area contributed by atoms with E-state index >= 15 is 0 Å². The summed E-state index contributed by atoms with van der Waals surface area (Å²) in [7, 11) is 0. The van der Waals surface area contributed by atoms with Crippen molar-refractivity contribution in [3.63, 3.8) is 0 Å². The van der Waals surface area contributed by atoms with E-state index in [9.17, 15) is 14.4 Å². The molecule has 1 N–H and O–H groups in total. The first-order valence-corrected chi connectivity index (χ1v) is 10.3. The number of nitrogens with one attached hydrogen (secondary N) is 1. The average molecular weight is 424 g/mol. The van der Waals surface area contributed by atoms with Crippen molar-refractivity contribution in [2.75, 3.05) is 23.3 Å². The SMILES string of the molecule is Cc1ccc(N2C(=O)C(Cl)=C(Nc3ccc(C(=O)N4CCCC4)cc3)C2=O)cc1C. The number of carbonyl (C=O) groups excluding carboxylic acids is 3. The maximum Gasteiger partial charge on any atom is 0.283 e. The molecule has 2 aromatic carbocycles. The molecule has 0 unspecified atom stereocenters. The van der Waals surface area contributed by atoms with Crippen LogP contribution in [0.1, 0.15) is 34.3 Å². The Morgan fingerprint density at radius 1 is 0.933 bits per heavy atom. The van der Waals surface area contributed by atoms with Gasteiger partial charge in [0.15, 0.2) is 0 Å². The number of aryl methyl sites for hydroxylation is 2. The van der Waals surface area contributed by atoms with Crippen LogP contribution in [0.25, 0.3) is 0 Å². The molecule has 0 radical (unpaired) electrons. The number of halogens is 1. The number of nitrogens with zero attached hydrogens (tertiary/aromatic N) is 2. The van der Waals surface area contributed by atoms with Gasteiger partial charge in [0.1, 0.15) is 10.7 Å². The van der Waals surface area contributed by atoms with Gasteiger partial charge in [-0.1, -0.05) is 17.7 Å². The highest BCUT2D eigenvalue weighted by Crippen LogP contribution is 2.31. The first-order valence-electron chi connectivity index (χ1n) is 9.89. The van der Waals surface area contributed by atoms with Gasteiger partial charge in [0, 0.05) is 24.3 Å². The fourth-order valence-electron chi connectivity index (χ4n) is 3.65. The third kappa shape index (κ3) is 3.59. The maximum atomic E-state index is 12.9. The summed E-state index contributed by atoms with van der Waals surface area (Å²) in [5, 5.41) is 2.79. The number of hydrogen-bond acceptors (Lipinski definition) is 4. The summed E-state index contributed by atoms with van der Waals surface area (Å²) >= 11 is 6.20. The van der Waals surface area contributed by atoms with E-state index in [2.05, 4.69) is 5.32 Å². The normalized spacial score (nSPS) is 16.6. The Kier molecular flexibility index (Phi) is 5.35. The Morgan fingerprint density at radius 3 is 2.23 bits per heavy atom. The zero-order valence-electron chi connectivity index (χ0n) is 16.9. The lowest BCUT2D eigenvalue weighted by molar-refractivity contribution is -0.120. The highest BCUT2D eigenvalue weighted by Gasteiger charge is 2.39. The molecule has 2 aromatic rings. The quantitative estimate of drug-likeness (QED) is 0.755. The highest BCUT2D eigenvalue weighted by atomic mass is 35.5. The summed E-state index contributed by atoms with van der Waals surface area (Å²) < 4.78 is 0. The highest BCUT2D eigenvalue weighted by molar-refractivity contribution is 6.53. The zero-order valence-corrected chi connectivity index (χ0v) is 17.6. The van der Waals surface area contributed by atoms with Crippen molar-refractivity contribution >= 4 is 40.7 Å². The molecule has 0 atom stereocenters. The molecule has 0 saturated carbocycles. The van der Waals surface area contributed by atoms with Crippen molar-refractivity contribution < 1.29 is 14.4 Å². The van der Waals surface area contributed by atoms with E-state index in [1.54, 1.807) is 36.4 Å². The van der Waals surface area contributed by atoms with Crippen LogP contribution in [0.5, 0.6) is 0 Å². The van der Waals surface area contributed by atoms with Gasteiger partial charge in [-0.05, 0) is 74.2 Å². The standard InChI is InChI=1S/C23H22ClN3O3/c1-14-5-10-18(13-15(14)2)27-22(29)19(24)20(23(27)30)25-17-8-6-16(7-9-17)21(28)26-11-3-4-12-26/h5-10,13,25H,3-4,11-12H2,1-2H3. The van der Waals surface area contributed by atoms with Gasteiger partial charge >= 0.3 is 0 Å². The van der Waals surface area contributed by atoms with Gasteiger partial charge in [-0.15, -0.1) is 0 Å². The van der Waals surface area contributed by atoms with Crippen LogP contribution < -0.4 is 10.2 Å². The molecule has 0 aromatic heterocycles. The molecule has 7 heteroatoms. The van der Waals surface area contributed by atoms with Crippen LogP contribution in [0.15, 0.2) is 53.2 Å². The Morgan fingerprint density at radius 2 is 1.60 bits per heavy atom. The van der Waals surface area contributed by atoms with Gasteiger partial charge in [0.2, 0.25) is 0 Å². The fourth-order valence-corrected chi connectivity index (χ4v) is 3.87. The zero-order chi connectivity index (χ0) is 21.4. The minimum Gasteiger partial charge on any atom is -0.350 e. The van der Waals surface area contributed by atoms with E-state index in [0.717, 1.165) is 42.0 Å². The van der Waals surface area contributed by atoms with Crippen LogP contribution in [-0.2, 0) is 9.59 Å². The second kappa shape index (κ2) is 7.95. The number of amides is 3. The van der Waals surface area contributed by atoms with E-state index in [-0.39, 0.29) is 16.6 Å². The van der Waals surface area contributed by atoms with Gasteiger partial charge < -0.3 is 10.2 Å². The van der Waals surface area contributed by atoms with E-state index in [1.807, 2.05) is 24.8 Å². The van der Waals surface area contributed by atoms with E-state index < -0.39 is 11.8 Å². The number of anilines is 2. The smallest absolute Gasteiger partial charge is 0.283 e. The molecule has 154 valence electrons. The molecule has 2 aliphatic heterocycles. The van der Waals surface area contributed by atoms with Crippen LogP contribution >= 0.6 is 11.6 Å². The van der Waals surface area contributed by atoms with Crippen molar-refractivity contribution in [3.8, 4) is 0 Å². The van der Waals surface area contributed by atoms with Crippen molar-refractivity contribution in [2.24, 2.45) is 0 Å². The molecule has 0 aliphatic carbocycles. The summed E-state index contributed by atoms with van der Waals surface area (Å²) in [6.07, 6.45) is 2.07. The summed E-state index contributed by atoms with van der Waals surface area (Å²) in [5.74, 6) is -1.07. The molecule has 3 amide bonds. The Bertz CT molecular complexity index is 1070. The second-order valence-corrected chi connectivity index (χ2v) is 7.98. The van der Waals surface area contributed by atoms with E-state index in [1.165, 1.54) is 0 Å². The minimum absolute atomic E-state index is 0.00401. The third-order valence-electron chi connectivity index (χ3n) is 5.57. The largest absolute Gasteiger partial charge is 0.350 e. The molecule has 2 aliphatic rings. The van der Waals surface area contributed by atoms with Gasteiger partial charge in [-0.3, -0.25) is 14.4 Å². The molecule has 2 heterocycles. The third-order valence-corrected chi connectivity index (χ3v) is 5.92. The number of rotatable bonds is 4. The predicted octanol–water partition coefficient (Wildman–Crippen LogP) is 3.98. The molecule has 1 saturated heterocycles. The predicted molar refractivity (Wildman–Crippen MR) is 116 cm³/mol. The lowest BCUT2D eigenvalue weighted by atomic mass is 10.1. The monoisotopic (exact) mass is 423 g/mol. The molecule has 30 heavy (non-hydrogen) atoms. The van der Waals surface area contributed by atoms with Crippen LogP contribution in [0.3, 0.4) is 0 Å². The molecule has 0 bridgehead atoms. The topological polar surface area (TPSA) is 69.7 Å². The van der Waals surface area contributed by atoms with E-state index in [4.69, 9.17) is 11.6 Å². The Labute approximate surface area is 180 Å². The summed E-state index contributed by atoms with van der Waals surface area (Å²) in [6, 6.07) is 12.2. The number of benzene rings is 2. The Hall–Kier alpha value is -3.12. The van der Waals surface area contributed by atoms with Gasteiger partial charge in [0.05, 0.1) is 5.69 Å². The van der Waals surface area contributed by atoms with Gasteiger partial charge in [0.25, 0.3) is 17.7 Å². The minimum atomic E-state index is -0.562. The maximum absolute atomic E-state index is 12.9. The van der Waals surface area contributed by atoms with E-state index in [0.29, 0.717) is 16.9 Å². The van der Waals surface area contributed by atoms with Crippen LogP contribution in [0, 0.1) is 13.8 Å². The number of likely N-dealkylation sites (tertiary alicyclic amines) is 1. The van der Waals surface area contributed by atoms with Gasteiger partial charge in [-0.25, -0.2) is 4.90 Å². The van der Waals surface area contributed by atoms with Crippen LogP contribution in [-0.4, -0.2) is 35.7 Å². The number of carbonyl (C=O) groups is 3. The second-order valence-electron chi connectivity index (χ2n) is 7.60. The molecular weight excluding hydrogens is 402 g/mol. The van der Waals surface area contributed by atoms with Crippen molar-refractivity contribution in [2.45, 2.75) is 26.7 Å². The fraction of sp³-hybridized carbons (Fsp3) is 0.261. The molecule has 6 nitrogen and oxygen atoms in total. The van der Waals surface area contributed by atoms with Gasteiger partial charge in [-0.2, -0.15) is 0 Å². The molecule has 4 rings (SSSR count). The van der Waals surface area contributed by atoms with Crippen molar-refractivity contribution in [1.82, 2.24) is 4.90 Å². The molecular formula is C23H22ClN3O3. The summed E-state index contributed by atoms with van der Waals surface area (Å²) in [4.78, 5) is 40.9.